The highest BCUT2D eigenvalue weighted by atomic mass is 15.3. The third kappa shape index (κ3) is 2.90. The molecule has 0 aromatic carbocycles. The summed E-state index contributed by atoms with van der Waals surface area (Å²) in [6.45, 7) is 9.90. The molecule has 3 fully saturated rings. The Labute approximate surface area is 125 Å². The zero-order valence-electron chi connectivity index (χ0n) is 13.7. The fourth-order valence-electron chi connectivity index (χ4n) is 4.69. The summed E-state index contributed by atoms with van der Waals surface area (Å²) in [6, 6.07) is 1.58. The van der Waals surface area contributed by atoms with E-state index in [-0.39, 0.29) is 0 Å². The van der Waals surface area contributed by atoms with E-state index in [0.29, 0.717) is 5.54 Å². The van der Waals surface area contributed by atoms with Gasteiger partial charge in [0.25, 0.3) is 0 Å². The van der Waals surface area contributed by atoms with E-state index in [2.05, 4.69) is 36.0 Å². The minimum atomic E-state index is 0.467. The van der Waals surface area contributed by atoms with Gasteiger partial charge in [-0.25, -0.2) is 0 Å². The van der Waals surface area contributed by atoms with Gasteiger partial charge in [-0.05, 0) is 51.7 Å². The first-order valence-corrected chi connectivity index (χ1v) is 8.79. The molecular weight excluding hydrogens is 246 g/mol. The van der Waals surface area contributed by atoms with Gasteiger partial charge in [-0.15, -0.1) is 0 Å². The number of hydrogen-bond acceptors (Lipinski definition) is 3. The summed E-state index contributed by atoms with van der Waals surface area (Å²) in [5.41, 5.74) is 0.467. The second-order valence-electron chi connectivity index (χ2n) is 7.89. The third-order valence-electron chi connectivity index (χ3n) is 6.08. The van der Waals surface area contributed by atoms with Crippen LogP contribution in [0, 0.1) is 5.92 Å². The zero-order chi connectivity index (χ0) is 14.2. The molecule has 3 nitrogen and oxygen atoms in total. The maximum Gasteiger partial charge on any atom is 0.0309 e. The Bertz CT molecular complexity index is 314. The molecule has 3 rings (SSSR count). The minimum Gasteiger partial charge on any atom is -0.308 e. The van der Waals surface area contributed by atoms with Crippen LogP contribution in [-0.4, -0.2) is 60.6 Å². The van der Waals surface area contributed by atoms with Gasteiger partial charge >= 0.3 is 0 Å². The van der Waals surface area contributed by atoms with Crippen LogP contribution in [0.5, 0.6) is 0 Å². The van der Waals surface area contributed by atoms with Crippen molar-refractivity contribution in [3.05, 3.63) is 0 Å². The smallest absolute Gasteiger partial charge is 0.0309 e. The van der Waals surface area contributed by atoms with Crippen LogP contribution in [0.1, 0.15) is 52.4 Å². The van der Waals surface area contributed by atoms with Crippen molar-refractivity contribution >= 4 is 0 Å². The summed E-state index contributed by atoms with van der Waals surface area (Å²) in [5, 5.41) is 3.95. The number of nitrogens with zero attached hydrogens (tertiary/aromatic N) is 2. The molecule has 2 aliphatic heterocycles. The van der Waals surface area contributed by atoms with E-state index in [1.54, 1.807) is 0 Å². The lowest BCUT2D eigenvalue weighted by Gasteiger charge is -2.52. The Morgan fingerprint density at radius 3 is 2.35 bits per heavy atom. The van der Waals surface area contributed by atoms with Gasteiger partial charge in [-0.3, -0.25) is 4.90 Å². The van der Waals surface area contributed by atoms with Crippen molar-refractivity contribution in [2.24, 2.45) is 5.92 Å². The first kappa shape index (κ1) is 14.8. The van der Waals surface area contributed by atoms with E-state index in [4.69, 9.17) is 0 Å². The first-order valence-electron chi connectivity index (χ1n) is 8.79. The molecule has 2 heterocycles. The van der Waals surface area contributed by atoms with Gasteiger partial charge < -0.3 is 10.2 Å². The SMILES string of the molecule is CC(C)C1CNC2(CCCC2)CN1C1CCN(C)CC1. The second kappa shape index (κ2) is 5.94. The van der Waals surface area contributed by atoms with E-state index >= 15 is 0 Å². The van der Waals surface area contributed by atoms with Crippen molar-refractivity contribution in [3.8, 4) is 0 Å². The fraction of sp³-hybridized carbons (Fsp3) is 1.00. The van der Waals surface area contributed by atoms with Crippen LogP contribution < -0.4 is 5.32 Å². The number of likely N-dealkylation sites (tertiary alicyclic amines) is 1. The van der Waals surface area contributed by atoms with Crippen molar-refractivity contribution in [3.63, 3.8) is 0 Å². The van der Waals surface area contributed by atoms with Crippen molar-refractivity contribution in [1.29, 1.82) is 0 Å². The lowest BCUT2D eigenvalue weighted by Crippen LogP contribution is -2.67. The Morgan fingerprint density at radius 2 is 1.75 bits per heavy atom. The fourth-order valence-corrected chi connectivity index (χ4v) is 4.69. The lowest BCUT2D eigenvalue weighted by atomic mass is 9.86. The minimum absolute atomic E-state index is 0.467. The summed E-state index contributed by atoms with van der Waals surface area (Å²) >= 11 is 0. The van der Waals surface area contributed by atoms with Crippen LogP contribution in [0.4, 0.5) is 0 Å². The average molecular weight is 279 g/mol. The van der Waals surface area contributed by atoms with Gasteiger partial charge in [0.15, 0.2) is 0 Å². The molecule has 20 heavy (non-hydrogen) atoms. The molecule has 1 N–H and O–H groups in total. The number of piperazine rings is 1. The molecule has 0 bridgehead atoms. The summed E-state index contributed by atoms with van der Waals surface area (Å²) < 4.78 is 0. The summed E-state index contributed by atoms with van der Waals surface area (Å²) in [7, 11) is 2.27. The van der Waals surface area contributed by atoms with E-state index in [1.165, 1.54) is 64.7 Å². The molecule has 1 unspecified atom stereocenters. The highest BCUT2D eigenvalue weighted by Crippen LogP contribution is 2.36. The van der Waals surface area contributed by atoms with Crippen molar-refractivity contribution in [2.45, 2.75) is 70.0 Å². The molecule has 0 amide bonds. The monoisotopic (exact) mass is 279 g/mol. The van der Waals surface area contributed by atoms with Crippen LogP contribution in [0.2, 0.25) is 0 Å². The van der Waals surface area contributed by atoms with Gasteiger partial charge in [0.2, 0.25) is 0 Å². The standard InChI is InChI=1S/C17H33N3/c1-14(2)16-12-18-17(8-4-5-9-17)13-20(16)15-6-10-19(3)11-7-15/h14-16,18H,4-13H2,1-3H3. The van der Waals surface area contributed by atoms with Crippen molar-refractivity contribution in [2.75, 3.05) is 33.2 Å². The molecule has 2 saturated heterocycles. The highest BCUT2D eigenvalue weighted by molar-refractivity contribution is 5.03. The van der Waals surface area contributed by atoms with Crippen molar-refractivity contribution < 1.29 is 0 Å². The van der Waals surface area contributed by atoms with Crippen LogP contribution in [-0.2, 0) is 0 Å². The van der Waals surface area contributed by atoms with Crippen LogP contribution >= 0.6 is 0 Å². The van der Waals surface area contributed by atoms with Crippen LogP contribution in [0.25, 0.3) is 0 Å². The largest absolute Gasteiger partial charge is 0.308 e. The molecule has 0 radical (unpaired) electrons. The van der Waals surface area contributed by atoms with E-state index in [0.717, 1.165) is 18.0 Å². The first-order chi connectivity index (χ1) is 9.60. The molecule has 1 atom stereocenters. The molecule has 3 aliphatic rings. The molecular formula is C17H33N3. The molecule has 1 spiro atoms. The van der Waals surface area contributed by atoms with Gasteiger partial charge in [0.05, 0.1) is 0 Å². The van der Waals surface area contributed by atoms with Crippen LogP contribution in [0.3, 0.4) is 0 Å². The predicted molar refractivity (Wildman–Crippen MR) is 85.1 cm³/mol. The number of nitrogens with one attached hydrogen (secondary N) is 1. The molecule has 1 aliphatic carbocycles. The molecule has 116 valence electrons. The third-order valence-corrected chi connectivity index (χ3v) is 6.08. The van der Waals surface area contributed by atoms with E-state index in [9.17, 15) is 0 Å². The summed E-state index contributed by atoms with van der Waals surface area (Å²) in [6.07, 6.45) is 8.41. The van der Waals surface area contributed by atoms with Gasteiger partial charge in [0.1, 0.15) is 0 Å². The Balaban J connectivity index is 1.72. The topological polar surface area (TPSA) is 18.5 Å². The van der Waals surface area contributed by atoms with Gasteiger partial charge in [-0.1, -0.05) is 26.7 Å². The maximum absolute atomic E-state index is 3.95. The lowest BCUT2D eigenvalue weighted by molar-refractivity contribution is 0.00125. The summed E-state index contributed by atoms with van der Waals surface area (Å²) in [5.74, 6) is 0.765. The molecule has 0 aromatic rings. The van der Waals surface area contributed by atoms with Crippen molar-refractivity contribution in [1.82, 2.24) is 15.1 Å². The normalized spacial score (nSPS) is 33.3. The predicted octanol–water partition coefficient (Wildman–Crippen LogP) is 2.32. The molecule has 0 aromatic heterocycles. The quantitative estimate of drug-likeness (QED) is 0.837. The Hall–Kier alpha value is -0.120. The average Bonchev–Trinajstić information content (AvgIpc) is 2.87. The maximum atomic E-state index is 3.95. The highest BCUT2D eigenvalue weighted by Gasteiger charge is 2.44. The molecule has 1 saturated carbocycles. The van der Waals surface area contributed by atoms with Gasteiger partial charge in [-0.2, -0.15) is 0 Å². The van der Waals surface area contributed by atoms with E-state index in [1.807, 2.05) is 0 Å². The second-order valence-corrected chi connectivity index (χ2v) is 7.89. The number of hydrogen-bond donors (Lipinski definition) is 1. The Kier molecular flexibility index (Phi) is 4.40. The number of rotatable bonds is 2. The van der Waals surface area contributed by atoms with Gasteiger partial charge in [0, 0.05) is 30.7 Å². The van der Waals surface area contributed by atoms with Crippen LogP contribution in [0.15, 0.2) is 0 Å². The van der Waals surface area contributed by atoms with E-state index < -0.39 is 0 Å². The summed E-state index contributed by atoms with van der Waals surface area (Å²) in [4.78, 5) is 5.41. The number of piperidine rings is 1. The zero-order valence-corrected chi connectivity index (χ0v) is 13.7. The Morgan fingerprint density at radius 1 is 1.10 bits per heavy atom. The molecule has 3 heteroatoms.